The van der Waals surface area contributed by atoms with Crippen molar-refractivity contribution in [3.05, 3.63) is 130 Å². The number of amides is 3. The highest BCUT2D eigenvalue weighted by atomic mass is 79.9. The molecule has 0 bridgehead atoms. The third-order valence-electron chi connectivity index (χ3n) is 7.68. The van der Waals surface area contributed by atoms with Crippen molar-refractivity contribution in [3.8, 4) is 0 Å². The maximum Gasteiger partial charge on any atom is 0.239 e. The highest BCUT2D eigenvalue weighted by molar-refractivity contribution is 9.10. The zero-order valence-corrected chi connectivity index (χ0v) is 22.5. The number of carbonyl (C=O) groups excluding carboxylic acids is 3. The maximum atomic E-state index is 15.6. The lowest BCUT2D eigenvalue weighted by Gasteiger charge is -2.33. The molecule has 5 nitrogen and oxygen atoms in total. The van der Waals surface area contributed by atoms with E-state index in [0.717, 1.165) is 15.6 Å². The van der Waals surface area contributed by atoms with Crippen LogP contribution in [-0.4, -0.2) is 17.7 Å². The Morgan fingerprint density at radius 2 is 1.49 bits per heavy atom. The summed E-state index contributed by atoms with van der Waals surface area (Å²) in [5.74, 6) is -2.75. The first kappa shape index (κ1) is 25.2. The minimum atomic E-state index is -1.47. The molecule has 0 radical (unpaired) electrons. The van der Waals surface area contributed by atoms with Crippen LogP contribution in [0.25, 0.3) is 0 Å². The molecule has 0 spiro atoms. The largest absolute Gasteiger partial charge is 0.304 e. The molecule has 6 rings (SSSR count). The average molecular weight is 583 g/mol. The highest BCUT2D eigenvalue weighted by Crippen LogP contribution is 2.53. The van der Waals surface area contributed by atoms with E-state index in [0.29, 0.717) is 11.3 Å². The fourth-order valence-electron chi connectivity index (χ4n) is 5.99. The van der Waals surface area contributed by atoms with Crippen molar-refractivity contribution in [1.82, 2.24) is 0 Å². The number of anilines is 2. The van der Waals surface area contributed by atoms with Gasteiger partial charge in [-0.3, -0.25) is 19.3 Å². The molecule has 39 heavy (non-hydrogen) atoms. The van der Waals surface area contributed by atoms with Crippen molar-refractivity contribution in [2.75, 3.05) is 9.80 Å². The Balaban J connectivity index is 1.54. The first-order valence-corrected chi connectivity index (χ1v) is 13.5. The molecule has 0 unspecified atom stereocenters. The molecule has 2 aliphatic rings. The second-order valence-corrected chi connectivity index (χ2v) is 10.9. The van der Waals surface area contributed by atoms with Gasteiger partial charge in [0.05, 0.1) is 29.3 Å². The van der Waals surface area contributed by atoms with Gasteiger partial charge in [0.1, 0.15) is 5.82 Å². The van der Waals surface area contributed by atoms with Crippen molar-refractivity contribution < 1.29 is 18.8 Å². The summed E-state index contributed by atoms with van der Waals surface area (Å²) in [6.07, 6.45) is -0.0120. The number of fused-ring (bicyclic) bond motifs is 1. The van der Waals surface area contributed by atoms with Crippen LogP contribution in [0.2, 0.25) is 0 Å². The molecule has 2 aliphatic heterocycles. The molecular formula is C32H24BrFN2O3. The second-order valence-electron chi connectivity index (χ2n) is 9.95. The Hall–Kier alpha value is -4.10. The summed E-state index contributed by atoms with van der Waals surface area (Å²) in [5, 5.41) is 0. The van der Waals surface area contributed by atoms with Crippen LogP contribution in [0.3, 0.4) is 0 Å². The number of para-hydroxylation sites is 2. The van der Waals surface area contributed by atoms with Crippen LogP contribution >= 0.6 is 15.9 Å². The predicted octanol–water partition coefficient (Wildman–Crippen LogP) is 6.20. The van der Waals surface area contributed by atoms with Gasteiger partial charge in [-0.25, -0.2) is 4.39 Å². The zero-order valence-electron chi connectivity index (χ0n) is 20.9. The molecule has 7 heteroatoms. The lowest BCUT2D eigenvalue weighted by atomic mass is 9.66. The van der Waals surface area contributed by atoms with E-state index in [1.807, 2.05) is 60.7 Å². The van der Waals surface area contributed by atoms with Crippen LogP contribution in [0.5, 0.6) is 0 Å². The van der Waals surface area contributed by atoms with E-state index in [-0.39, 0.29) is 36.9 Å². The number of carbonyl (C=O) groups is 3. The summed E-state index contributed by atoms with van der Waals surface area (Å²) in [5.41, 5.74) is 1.22. The Kier molecular flexibility index (Phi) is 6.39. The molecule has 0 aromatic heterocycles. The van der Waals surface area contributed by atoms with E-state index in [4.69, 9.17) is 0 Å². The maximum absolute atomic E-state index is 15.6. The molecule has 4 aromatic rings. The number of benzene rings is 4. The minimum absolute atomic E-state index is 0.138. The number of halogens is 2. The molecule has 194 valence electrons. The number of rotatable bonds is 6. The number of hydrogen-bond acceptors (Lipinski definition) is 3. The quantitative estimate of drug-likeness (QED) is 0.254. The smallest absolute Gasteiger partial charge is 0.239 e. The molecule has 0 saturated carbocycles. The van der Waals surface area contributed by atoms with Crippen molar-refractivity contribution >= 4 is 45.0 Å². The SMILES string of the molecule is O=C1C[C@H]([C@]2(Cc3cccc(Br)c3)C(=O)N(Cc3ccccc3)c3c(F)cccc32)C(=O)N1c1ccccc1. The summed E-state index contributed by atoms with van der Waals surface area (Å²) in [7, 11) is 0. The van der Waals surface area contributed by atoms with E-state index in [1.54, 1.807) is 36.4 Å². The molecule has 3 amide bonds. The molecule has 4 aromatic carbocycles. The van der Waals surface area contributed by atoms with E-state index in [1.165, 1.54) is 15.9 Å². The normalized spacial score (nSPS) is 20.6. The van der Waals surface area contributed by atoms with E-state index in [9.17, 15) is 14.4 Å². The van der Waals surface area contributed by atoms with Gasteiger partial charge in [-0.15, -0.1) is 0 Å². The van der Waals surface area contributed by atoms with Crippen molar-refractivity contribution in [1.29, 1.82) is 0 Å². The first-order valence-electron chi connectivity index (χ1n) is 12.7. The van der Waals surface area contributed by atoms with Crippen LogP contribution in [0, 0.1) is 11.7 Å². The second kappa shape index (κ2) is 9.89. The predicted molar refractivity (Wildman–Crippen MR) is 151 cm³/mol. The molecule has 0 aliphatic carbocycles. The summed E-state index contributed by atoms with van der Waals surface area (Å²) in [6.45, 7) is 0.144. The van der Waals surface area contributed by atoms with Crippen molar-refractivity contribution in [2.45, 2.75) is 24.8 Å². The van der Waals surface area contributed by atoms with Crippen LogP contribution in [0.1, 0.15) is 23.1 Å². The molecule has 2 atom stereocenters. The fraction of sp³-hybridized carbons (Fsp3) is 0.156. The lowest BCUT2D eigenvalue weighted by Crippen LogP contribution is -2.50. The van der Waals surface area contributed by atoms with Gasteiger partial charge in [-0.05, 0) is 53.4 Å². The fourth-order valence-corrected chi connectivity index (χ4v) is 6.44. The third kappa shape index (κ3) is 4.17. The standard InChI is InChI=1S/C32H24BrFN2O3/c33-23-12-7-11-22(17-23)19-32(26-18-28(37)36(30(26)38)24-13-5-2-6-14-24)25-15-8-16-27(34)29(25)35(31(32)39)20-21-9-3-1-4-10-21/h1-17,26H,18-20H2/t26-,32+/m0/s1. The van der Waals surface area contributed by atoms with Crippen LogP contribution < -0.4 is 9.80 Å². The molecule has 1 fully saturated rings. The van der Waals surface area contributed by atoms with Gasteiger partial charge < -0.3 is 4.90 Å². The van der Waals surface area contributed by atoms with Gasteiger partial charge in [0, 0.05) is 10.9 Å². The van der Waals surface area contributed by atoms with Crippen molar-refractivity contribution in [3.63, 3.8) is 0 Å². The molecule has 0 N–H and O–H groups in total. The zero-order chi connectivity index (χ0) is 27.1. The average Bonchev–Trinajstić information content (AvgIpc) is 3.36. The van der Waals surface area contributed by atoms with Gasteiger partial charge >= 0.3 is 0 Å². The Morgan fingerprint density at radius 3 is 2.21 bits per heavy atom. The summed E-state index contributed by atoms with van der Waals surface area (Å²) < 4.78 is 16.4. The Bertz CT molecular complexity index is 1590. The highest BCUT2D eigenvalue weighted by Gasteiger charge is 2.62. The van der Waals surface area contributed by atoms with Crippen LogP contribution in [0.15, 0.2) is 108 Å². The Morgan fingerprint density at radius 1 is 0.821 bits per heavy atom. The van der Waals surface area contributed by atoms with E-state index < -0.39 is 23.1 Å². The van der Waals surface area contributed by atoms with E-state index in [2.05, 4.69) is 15.9 Å². The van der Waals surface area contributed by atoms with Gasteiger partial charge in [0.25, 0.3) is 0 Å². The van der Waals surface area contributed by atoms with Crippen LogP contribution in [0.4, 0.5) is 15.8 Å². The van der Waals surface area contributed by atoms with Gasteiger partial charge in [-0.2, -0.15) is 0 Å². The van der Waals surface area contributed by atoms with Gasteiger partial charge in [-0.1, -0.05) is 88.7 Å². The lowest BCUT2D eigenvalue weighted by molar-refractivity contribution is -0.131. The first-order chi connectivity index (χ1) is 18.9. The van der Waals surface area contributed by atoms with Gasteiger partial charge in [0.2, 0.25) is 17.7 Å². The third-order valence-corrected chi connectivity index (χ3v) is 8.17. The Labute approximate surface area is 234 Å². The van der Waals surface area contributed by atoms with Crippen LogP contribution in [-0.2, 0) is 32.8 Å². The summed E-state index contributed by atoms with van der Waals surface area (Å²) in [4.78, 5) is 44.7. The molecular weight excluding hydrogens is 559 g/mol. The number of nitrogens with zero attached hydrogens (tertiary/aromatic N) is 2. The van der Waals surface area contributed by atoms with Crippen molar-refractivity contribution in [2.24, 2.45) is 5.92 Å². The summed E-state index contributed by atoms with van der Waals surface area (Å²) in [6, 6.07) is 30.2. The molecule has 2 heterocycles. The minimum Gasteiger partial charge on any atom is -0.304 e. The number of imide groups is 1. The topological polar surface area (TPSA) is 57.7 Å². The van der Waals surface area contributed by atoms with E-state index >= 15 is 4.39 Å². The monoisotopic (exact) mass is 582 g/mol. The number of hydrogen-bond donors (Lipinski definition) is 0. The van der Waals surface area contributed by atoms with Gasteiger partial charge in [0.15, 0.2) is 0 Å². The molecule has 1 saturated heterocycles. The summed E-state index contributed by atoms with van der Waals surface area (Å²) >= 11 is 3.50.